The van der Waals surface area contributed by atoms with Gasteiger partial charge in [0, 0.05) is 17.8 Å². The van der Waals surface area contributed by atoms with Gasteiger partial charge in [-0.15, -0.1) is 0 Å². The van der Waals surface area contributed by atoms with Gasteiger partial charge in [0.1, 0.15) is 0 Å². The molecule has 0 bridgehead atoms. The lowest BCUT2D eigenvalue weighted by Gasteiger charge is -2.24. The van der Waals surface area contributed by atoms with Crippen molar-refractivity contribution >= 4 is 11.8 Å². The molecule has 1 aliphatic carbocycles. The van der Waals surface area contributed by atoms with Crippen LogP contribution in [0.15, 0.2) is 0 Å². The SMILES string of the molecule is CCC(CSC)NC1CCCC1C. The fourth-order valence-corrected chi connectivity index (χ4v) is 2.92. The largest absolute Gasteiger partial charge is 0.310 e. The van der Waals surface area contributed by atoms with Gasteiger partial charge >= 0.3 is 0 Å². The Morgan fingerprint density at radius 2 is 2.23 bits per heavy atom. The summed E-state index contributed by atoms with van der Waals surface area (Å²) < 4.78 is 0. The van der Waals surface area contributed by atoms with E-state index in [0.29, 0.717) is 0 Å². The van der Waals surface area contributed by atoms with Crippen LogP contribution >= 0.6 is 11.8 Å². The van der Waals surface area contributed by atoms with Crippen molar-refractivity contribution in [3.63, 3.8) is 0 Å². The fourth-order valence-electron chi connectivity index (χ4n) is 2.18. The summed E-state index contributed by atoms with van der Waals surface area (Å²) in [6.45, 7) is 4.67. The van der Waals surface area contributed by atoms with Crippen LogP contribution in [-0.4, -0.2) is 24.1 Å². The number of rotatable bonds is 5. The van der Waals surface area contributed by atoms with Crippen LogP contribution in [0.2, 0.25) is 0 Å². The topological polar surface area (TPSA) is 12.0 Å². The third-order valence-electron chi connectivity index (χ3n) is 3.17. The average molecular weight is 201 g/mol. The maximum Gasteiger partial charge on any atom is 0.0158 e. The molecule has 3 unspecified atom stereocenters. The molecule has 78 valence electrons. The van der Waals surface area contributed by atoms with Gasteiger partial charge < -0.3 is 5.32 Å². The maximum atomic E-state index is 3.80. The molecular weight excluding hydrogens is 178 g/mol. The second-order valence-electron chi connectivity index (χ2n) is 4.24. The quantitative estimate of drug-likeness (QED) is 0.734. The molecule has 1 N–H and O–H groups in total. The second kappa shape index (κ2) is 5.92. The number of nitrogens with one attached hydrogen (secondary N) is 1. The van der Waals surface area contributed by atoms with Crippen LogP contribution in [0, 0.1) is 5.92 Å². The van der Waals surface area contributed by atoms with E-state index in [4.69, 9.17) is 0 Å². The zero-order chi connectivity index (χ0) is 9.68. The summed E-state index contributed by atoms with van der Waals surface area (Å²) >= 11 is 1.96. The highest BCUT2D eigenvalue weighted by Crippen LogP contribution is 2.25. The van der Waals surface area contributed by atoms with Crippen LogP contribution in [0.1, 0.15) is 39.5 Å². The normalized spacial score (nSPS) is 30.7. The smallest absolute Gasteiger partial charge is 0.0158 e. The first-order chi connectivity index (χ1) is 6.27. The van der Waals surface area contributed by atoms with E-state index in [-0.39, 0.29) is 0 Å². The Labute approximate surface area is 87.1 Å². The molecule has 1 fully saturated rings. The summed E-state index contributed by atoms with van der Waals surface area (Å²) in [6, 6.07) is 1.54. The van der Waals surface area contributed by atoms with E-state index in [9.17, 15) is 0 Å². The lowest BCUT2D eigenvalue weighted by atomic mass is 10.1. The first-order valence-electron chi connectivity index (χ1n) is 5.53. The van der Waals surface area contributed by atoms with Crippen molar-refractivity contribution in [2.75, 3.05) is 12.0 Å². The second-order valence-corrected chi connectivity index (χ2v) is 5.15. The van der Waals surface area contributed by atoms with Crippen LogP contribution in [0.3, 0.4) is 0 Å². The molecule has 0 aromatic rings. The minimum atomic E-state index is 0.737. The van der Waals surface area contributed by atoms with Crippen LogP contribution in [0.5, 0.6) is 0 Å². The Morgan fingerprint density at radius 1 is 1.46 bits per heavy atom. The van der Waals surface area contributed by atoms with Crippen molar-refractivity contribution in [3.8, 4) is 0 Å². The first-order valence-corrected chi connectivity index (χ1v) is 6.92. The number of hydrogen-bond donors (Lipinski definition) is 1. The van der Waals surface area contributed by atoms with Gasteiger partial charge in [-0.1, -0.05) is 20.3 Å². The summed E-state index contributed by atoms with van der Waals surface area (Å²) in [5, 5.41) is 3.80. The highest BCUT2D eigenvalue weighted by molar-refractivity contribution is 7.98. The molecule has 0 aromatic carbocycles. The Morgan fingerprint density at radius 3 is 2.69 bits per heavy atom. The maximum absolute atomic E-state index is 3.80. The lowest BCUT2D eigenvalue weighted by Crippen LogP contribution is -2.40. The molecule has 0 radical (unpaired) electrons. The van der Waals surface area contributed by atoms with Gasteiger partial charge in [0.15, 0.2) is 0 Å². The molecule has 0 aromatic heterocycles. The Kier molecular flexibility index (Phi) is 5.18. The van der Waals surface area contributed by atoms with E-state index >= 15 is 0 Å². The van der Waals surface area contributed by atoms with Gasteiger partial charge in [0.25, 0.3) is 0 Å². The van der Waals surface area contributed by atoms with Gasteiger partial charge in [0.2, 0.25) is 0 Å². The summed E-state index contributed by atoms with van der Waals surface area (Å²) in [5.74, 6) is 2.16. The van der Waals surface area contributed by atoms with Gasteiger partial charge in [-0.2, -0.15) is 11.8 Å². The molecule has 0 saturated heterocycles. The number of thioether (sulfide) groups is 1. The van der Waals surface area contributed by atoms with Crippen LogP contribution in [0.25, 0.3) is 0 Å². The highest BCUT2D eigenvalue weighted by Gasteiger charge is 2.24. The molecular formula is C11H23NS. The van der Waals surface area contributed by atoms with E-state index in [1.165, 1.54) is 31.4 Å². The fraction of sp³-hybridized carbons (Fsp3) is 1.00. The minimum absolute atomic E-state index is 0.737. The first kappa shape index (κ1) is 11.4. The van der Waals surface area contributed by atoms with Crippen molar-refractivity contribution in [3.05, 3.63) is 0 Å². The van der Waals surface area contributed by atoms with Crippen molar-refractivity contribution in [2.24, 2.45) is 5.92 Å². The molecule has 0 aliphatic heterocycles. The van der Waals surface area contributed by atoms with Crippen LogP contribution in [-0.2, 0) is 0 Å². The molecule has 1 rings (SSSR count). The van der Waals surface area contributed by atoms with E-state index in [1.54, 1.807) is 0 Å². The molecule has 0 heterocycles. The molecule has 0 spiro atoms. The molecule has 1 nitrogen and oxygen atoms in total. The lowest BCUT2D eigenvalue weighted by molar-refractivity contribution is 0.381. The third-order valence-corrected chi connectivity index (χ3v) is 3.91. The zero-order valence-corrected chi connectivity index (χ0v) is 9.99. The monoisotopic (exact) mass is 201 g/mol. The van der Waals surface area contributed by atoms with Gasteiger partial charge in [0.05, 0.1) is 0 Å². The standard InChI is InChI=1S/C11H23NS/c1-4-10(8-13-3)12-11-7-5-6-9(11)2/h9-12H,4-8H2,1-3H3. The van der Waals surface area contributed by atoms with E-state index in [1.807, 2.05) is 11.8 Å². The Balaban J connectivity index is 2.27. The van der Waals surface area contributed by atoms with Crippen LogP contribution in [0.4, 0.5) is 0 Å². The minimum Gasteiger partial charge on any atom is -0.310 e. The van der Waals surface area contributed by atoms with E-state index in [2.05, 4.69) is 25.4 Å². The predicted molar refractivity (Wildman–Crippen MR) is 62.4 cm³/mol. The van der Waals surface area contributed by atoms with Crippen molar-refractivity contribution < 1.29 is 0 Å². The predicted octanol–water partition coefficient (Wildman–Crippen LogP) is 2.91. The highest BCUT2D eigenvalue weighted by atomic mass is 32.2. The third kappa shape index (κ3) is 3.51. The summed E-state index contributed by atoms with van der Waals surface area (Å²) in [7, 11) is 0. The molecule has 3 atom stereocenters. The van der Waals surface area contributed by atoms with Crippen molar-refractivity contribution in [1.82, 2.24) is 5.32 Å². The van der Waals surface area contributed by atoms with Crippen molar-refractivity contribution in [1.29, 1.82) is 0 Å². The zero-order valence-electron chi connectivity index (χ0n) is 9.18. The summed E-state index contributed by atoms with van der Waals surface area (Å²) in [4.78, 5) is 0. The Bertz CT molecular complexity index is 138. The molecule has 1 saturated carbocycles. The molecule has 2 heteroatoms. The molecule has 1 aliphatic rings. The van der Waals surface area contributed by atoms with Crippen LogP contribution < -0.4 is 5.32 Å². The van der Waals surface area contributed by atoms with Gasteiger partial charge in [-0.25, -0.2) is 0 Å². The summed E-state index contributed by atoms with van der Waals surface area (Å²) in [6.07, 6.45) is 7.71. The average Bonchev–Trinajstić information content (AvgIpc) is 2.51. The number of hydrogen-bond acceptors (Lipinski definition) is 2. The van der Waals surface area contributed by atoms with Gasteiger partial charge in [-0.05, 0) is 31.4 Å². The molecule has 0 amide bonds. The van der Waals surface area contributed by atoms with E-state index in [0.717, 1.165) is 18.0 Å². The summed E-state index contributed by atoms with van der Waals surface area (Å²) in [5.41, 5.74) is 0. The Hall–Kier alpha value is 0.310. The molecule has 13 heavy (non-hydrogen) atoms. The van der Waals surface area contributed by atoms with Gasteiger partial charge in [-0.3, -0.25) is 0 Å². The van der Waals surface area contributed by atoms with Crippen molar-refractivity contribution in [2.45, 2.75) is 51.6 Å². The van der Waals surface area contributed by atoms with E-state index < -0.39 is 0 Å².